The maximum absolute atomic E-state index is 13.1. The van der Waals surface area contributed by atoms with E-state index in [0.29, 0.717) is 17.8 Å². The number of carbonyl (C=O) groups is 5. The third kappa shape index (κ3) is 9.03. The van der Waals surface area contributed by atoms with Crippen molar-refractivity contribution in [2.45, 2.75) is 63.7 Å². The highest BCUT2D eigenvalue weighted by molar-refractivity contribution is 5.95. The summed E-state index contributed by atoms with van der Waals surface area (Å²) in [5, 5.41) is 25.9. The minimum absolute atomic E-state index is 0.0518. The molecule has 9 N–H and O–H groups in total. The van der Waals surface area contributed by atoms with Crippen LogP contribution in [0, 0.1) is 5.92 Å². The molecule has 15 heteroatoms. The smallest absolute Gasteiger partial charge is 0.326 e. The van der Waals surface area contributed by atoms with E-state index in [2.05, 4.69) is 35.9 Å². The largest absolute Gasteiger partial charge is 0.481 e. The van der Waals surface area contributed by atoms with Crippen LogP contribution in [0.4, 0.5) is 0 Å². The number of amides is 3. The second-order valence-corrected chi connectivity index (χ2v) is 8.59. The Kier molecular flexibility index (Phi) is 10.7. The van der Waals surface area contributed by atoms with Gasteiger partial charge in [0.05, 0.1) is 25.1 Å². The number of aromatic nitrogens is 4. The Hall–Kier alpha value is -4.27. The van der Waals surface area contributed by atoms with Crippen molar-refractivity contribution in [2.75, 3.05) is 0 Å². The molecule has 2 aromatic heterocycles. The highest BCUT2D eigenvalue weighted by Gasteiger charge is 2.32. The Morgan fingerprint density at radius 1 is 0.865 bits per heavy atom. The van der Waals surface area contributed by atoms with E-state index in [1.165, 1.54) is 25.0 Å². The molecule has 2 rings (SSSR count). The number of imidazole rings is 2. The Labute approximate surface area is 212 Å². The summed E-state index contributed by atoms with van der Waals surface area (Å²) < 4.78 is 0. The SMILES string of the molecule is CCC(C)C(N)C(=O)NC(Cc1cnc[nH]1)C(=O)NC(CC(=O)O)C(=O)NC(Cc1cnc[nH]1)C(=O)O. The molecule has 0 spiro atoms. The fourth-order valence-electron chi connectivity index (χ4n) is 3.35. The third-order valence-corrected chi connectivity index (χ3v) is 5.78. The Morgan fingerprint density at radius 2 is 1.35 bits per heavy atom. The summed E-state index contributed by atoms with van der Waals surface area (Å²) in [6.07, 6.45) is 5.13. The monoisotopic (exact) mass is 520 g/mol. The predicted octanol–water partition coefficient (Wildman–Crippen LogP) is -1.69. The topological polar surface area (TPSA) is 245 Å². The fraction of sp³-hybridized carbons (Fsp3) is 0.500. The maximum Gasteiger partial charge on any atom is 0.326 e. The molecule has 0 fully saturated rings. The van der Waals surface area contributed by atoms with Crippen LogP contribution >= 0.6 is 0 Å². The molecule has 0 aliphatic heterocycles. The number of aliphatic carboxylic acids is 2. The van der Waals surface area contributed by atoms with E-state index < -0.39 is 60.2 Å². The number of nitrogens with one attached hydrogen (secondary N) is 5. The van der Waals surface area contributed by atoms with Crippen LogP contribution in [-0.2, 0) is 36.8 Å². The molecule has 0 saturated heterocycles. The third-order valence-electron chi connectivity index (χ3n) is 5.78. The highest BCUT2D eigenvalue weighted by Crippen LogP contribution is 2.08. The molecule has 0 aliphatic carbocycles. The van der Waals surface area contributed by atoms with E-state index in [-0.39, 0.29) is 18.8 Å². The lowest BCUT2D eigenvalue weighted by molar-refractivity contribution is -0.143. The Balaban J connectivity index is 2.19. The number of hydrogen-bond donors (Lipinski definition) is 8. The molecule has 0 saturated carbocycles. The lowest BCUT2D eigenvalue weighted by Gasteiger charge is -2.25. The maximum atomic E-state index is 13.1. The fourth-order valence-corrected chi connectivity index (χ4v) is 3.35. The number of carboxylic acids is 2. The average Bonchev–Trinajstić information content (AvgIpc) is 3.55. The molecule has 0 bridgehead atoms. The van der Waals surface area contributed by atoms with Crippen LogP contribution in [0.15, 0.2) is 25.0 Å². The van der Waals surface area contributed by atoms with Gasteiger partial charge in [0, 0.05) is 36.6 Å². The zero-order chi connectivity index (χ0) is 27.5. The van der Waals surface area contributed by atoms with Crippen molar-refractivity contribution >= 4 is 29.7 Å². The number of carbonyl (C=O) groups excluding carboxylic acids is 3. The lowest BCUT2D eigenvalue weighted by Crippen LogP contribution is -2.58. The first-order valence-electron chi connectivity index (χ1n) is 11.6. The lowest BCUT2D eigenvalue weighted by atomic mass is 9.98. The summed E-state index contributed by atoms with van der Waals surface area (Å²) in [5.74, 6) is -5.43. The highest BCUT2D eigenvalue weighted by atomic mass is 16.4. The van der Waals surface area contributed by atoms with E-state index in [9.17, 15) is 34.2 Å². The van der Waals surface area contributed by atoms with Gasteiger partial charge >= 0.3 is 11.9 Å². The summed E-state index contributed by atoms with van der Waals surface area (Å²) in [5.41, 5.74) is 6.89. The molecule has 0 aromatic carbocycles. The molecule has 15 nitrogen and oxygen atoms in total. The molecule has 5 atom stereocenters. The number of aromatic amines is 2. The van der Waals surface area contributed by atoms with Gasteiger partial charge in [-0.05, 0) is 5.92 Å². The molecule has 2 heterocycles. The van der Waals surface area contributed by atoms with Gasteiger partial charge in [0.15, 0.2) is 0 Å². The van der Waals surface area contributed by atoms with Crippen molar-refractivity contribution in [3.8, 4) is 0 Å². The first kappa shape index (κ1) is 29.0. The van der Waals surface area contributed by atoms with Gasteiger partial charge in [-0.15, -0.1) is 0 Å². The predicted molar refractivity (Wildman–Crippen MR) is 128 cm³/mol. The molecule has 0 aliphatic rings. The summed E-state index contributed by atoms with van der Waals surface area (Å²) >= 11 is 0. The first-order valence-corrected chi connectivity index (χ1v) is 11.6. The van der Waals surface area contributed by atoms with E-state index in [0.717, 1.165) is 0 Å². The zero-order valence-corrected chi connectivity index (χ0v) is 20.4. The van der Waals surface area contributed by atoms with Crippen molar-refractivity contribution in [1.29, 1.82) is 0 Å². The van der Waals surface area contributed by atoms with Gasteiger partial charge in [0.2, 0.25) is 17.7 Å². The van der Waals surface area contributed by atoms with Crippen molar-refractivity contribution in [3.05, 3.63) is 36.4 Å². The van der Waals surface area contributed by atoms with Crippen molar-refractivity contribution in [3.63, 3.8) is 0 Å². The zero-order valence-electron chi connectivity index (χ0n) is 20.4. The standard InChI is InChI=1S/C22H32N8O7/c1-3-11(2)18(23)21(35)29-14(4-12-7-24-9-26-12)19(33)28-15(6-17(31)32)20(34)30-16(22(36)37)5-13-8-25-10-27-13/h7-11,14-16,18H,3-6,23H2,1-2H3,(H,24,26)(H,25,27)(H,28,33)(H,29,35)(H,30,34)(H,31,32)(H,36,37). The van der Waals surface area contributed by atoms with Crippen LogP contribution in [0.25, 0.3) is 0 Å². The number of nitrogens with two attached hydrogens (primary N) is 1. The van der Waals surface area contributed by atoms with Gasteiger partial charge in [-0.2, -0.15) is 0 Å². The number of H-pyrrole nitrogens is 2. The summed E-state index contributed by atoms with van der Waals surface area (Å²) in [6, 6.07) is -5.18. The average molecular weight is 521 g/mol. The van der Waals surface area contributed by atoms with Gasteiger partial charge in [-0.25, -0.2) is 14.8 Å². The van der Waals surface area contributed by atoms with E-state index in [1.54, 1.807) is 6.92 Å². The van der Waals surface area contributed by atoms with Gasteiger partial charge in [-0.3, -0.25) is 19.2 Å². The molecule has 0 radical (unpaired) electrons. The van der Waals surface area contributed by atoms with E-state index in [1.807, 2.05) is 6.92 Å². The summed E-state index contributed by atoms with van der Waals surface area (Å²) in [7, 11) is 0. The Morgan fingerprint density at radius 3 is 1.81 bits per heavy atom. The number of rotatable bonds is 15. The molecule has 202 valence electrons. The van der Waals surface area contributed by atoms with Gasteiger partial charge < -0.3 is 41.9 Å². The molecule has 2 aromatic rings. The number of hydrogen-bond acceptors (Lipinski definition) is 8. The van der Waals surface area contributed by atoms with Gasteiger partial charge in [0.1, 0.15) is 18.1 Å². The summed E-state index contributed by atoms with van der Waals surface area (Å²) in [4.78, 5) is 74.9. The number of nitrogens with zero attached hydrogens (tertiary/aromatic N) is 2. The van der Waals surface area contributed by atoms with Crippen LogP contribution in [0.5, 0.6) is 0 Å². The molecule has 37 heavy (non-hydrogen) atoms. The first-order chi connectivity index (χ1) is 17.5. The quantitative estimate of drug-likeness (QED) is 0.132. The number of carboxylic acid groups (broad SMARTS) is 2. The van der Waals surface area contributed by atoms with E-state index in [4.69, 9.17) is 5.73 Å². The van der Waals surface area contributed by atoms with Gasteiger partial charge in [0.25, 0.3) is 0 Å². The van der Waals surface area contributed by atoms with Crippen LogP contribution in [0.1, 0.15) is 38.1 Å². The van der Waals surface area contributed by atoms with Crippen LogP contribution in [-0.4, -0.2) is 84.0 Å². The normalized spacial score (nSPS) is 15.0. The van der Waals surface area contributed by atoms with Crippen LogP contribution in [0.3, 0.4) is 0 Å². The van der Waals surface area contributed by atoms with Crippen molar-refractivity contribution in [2.24, 2.45) is 11.7 Å². The molecular weight excluding hydrogens is 488 g/mol. The summed E-state index contributed by atoms with van der Waals surface area (Å²) in [6.45, 7) is 3.64. The Bertz CT molecular complexity index is 1060. The second-order valence-electron chi connectivity index (χ2n) is 8.59. The second kappa shape index (κ2) is 13.7. The molecule has 3 amide bonds. The van der Waals surface area contributed by atoms with E-state index >= 15 is 0 Å². The molecular formula is C22H32N8O7. The van der Waals surface area contributed by atoms with Crippen molar-refractivity contribution in [1.82, 2.24) is 35.9 Å². The minimum Gasteiger partial charge on any atom is -0.481 e. The van der Waals surface area contributed by atoms with Crippen LogP contribution < -0.4 is 21.7 Å². The van der Waals surface area contributed by atoms with Crippen molar-refractivity contribution < 1.29 is 34.2 Å². The minimum atomic E-state index is -1.63. The van der Waals surface area contributed by atoms with Gasteiger partial charge in [-0.1, -0.05) is 20.3 Å². The molecule has 5 unspecified atom stereocenters. The van der Waals surface area contributed by atoms with Crippen LogP contribution in [0.2, 0.25) is 0 Å².